The molecular weight excluding hydrogens is 395 g/mol. The molecule has 0 amide bonds. The molecule has 1 aliphatic rings. The lowest BCUT2D eigenvalue weighted by atomic mass is 10.0. The molecule has 7 nitrogen and oxygen atoms in total. The lowest BCUT2D eigenvalue weighted by Gasteiger charge is -2.28. The zero-order chi connectivity index (χ0) is 21.6. The molecule has 1 atom stereocenters. The van der Waals surface area contributed by atoms with Gasteiger partial charge < -0.3 is 19.9 Å². The summed E-state index contributed by atoms with van der Waals surface area (Å²) in [6.45, 7) is 3.65. The minimum absolute atomic E-state index is 0.100. The fourth-order valence-corrected chi connectivity index (χ4v) is 3.52. The molecule has 0 fully saturated rings. The summed E-state index contributed by atoms with van der Waals surface area (Å²) in [6, 6.07) is 14.7. The highest BCUT2D eigenvalue weighted by molar-refractivity contribution is 5.80. The Kier molecular flexibility index (Phi) is 6.45. The highest BCUT2D eigenvalue weighted by atomic mass is 19.1. The third kappa shape index (κ3) is 5.20. The average molecular weight is 423 g/mol. The van der Waals surface area contributed by atoms with Crippen LogP contribution in [-0.4, -0.2) is 33.9 Å². The number of fused-ring (bicyclic) bond motifs is 1. The first-order chi connectivity index (χ1) is 15.1. The van der Waals surface area contributed by atoms with Crippen LogP contribution < -0.4 is 15.4 Å². The normalized spacial score (nSPS) is 15.8. The van der Waals surface area contributed by atoms with E-state index in [9.17, 15) is 4.39 Å². The molecule has 1 unspecified atom stereocenters. The summed E-state index contributed by atoms with van der Waals surface area (Å²) in [4.78, 5) is 4.75. The van der Waals surface area contributed by atoms with Gasteiger partial charge in [0, 0.05) is 25.6 Å². The van der Waals surface area contributed by atoms with Crippen molar-refractivity contribution in [1.29, 1.82) is 0 Å². The Morgan fingerprint density at radius 2 is 2.00 bits per heavy atom. The molecular formula is C23H27FN6O. The van der Waals surface area contributed by atoms with Crippen molar-refractivity contribution >= 4 is 5.96 Å². The number of guanidine groups is 1. The number of aromatic nitrogens is 3. The van der Waals surface area contributed by atoms with Crippen LogP contribution in [0.15, 0.2) is 53.5 Å². The molecule has 2 heterocycles. The maximum Gasteiger partial charge on any atom is 0.192 e. The monoisotopic (exact) mass is 422 g/mol. The lowest BCUT2D eigenvalue weighted by molar-refractivity contribution is 0.261. The Hall–Kier alpha value is -3.42. The van der Waals surface area contributed by atoms with E-state index in [-0.39, 0.29) is 11.9 Å². The van der Waals surface area contributed by atoms with E-state index in [2.05, 4.69) is 26.9 Å². The van der Waals surface area contributed by atoms with Crippen molar-refractivity contribution in [3.63, 3.8) is 0 Å². The SMILES string of the molecule is Cc1nnc(CN=C(NCCc2ccc(F)cc2)NC2CCOc3ccccc32)n1C. The minimum atomic E-state index is -0.224. The molecule has 1 aromatic heterocycles. The Labute approximate surface area is 181 Å². The van der Waals surface area contributed by atoms with Crippen LogP contribution in [0.3, 0.4) is 0 Å². The second-order valence-corrected chi connectivity index (χ2v) is 7.56. The number of ether oxygens (including phenoxy) is 1. The van der Waals surface area contributed by atoms with Crippen LogP contribution in [0.5, 0.6) is 5.75 Å². The van der Waals surface area contributed by atoms with Crippen molar-refractivity contribution in [2.75, 3.05) is 13.2 Å². The predicted molar refractivity (Wildman–Crippen MR) is 117 cm³/mol. The quantitative estimate of drug-likeness (QED) is 0.472. The molecule has 8 heteroatoms. The first kappa shape index (κ1) is 20.8. The largest absolute Gasteiger partial charge is 0.493 e. The summed E-state index contributed by atoms with van der Waals surface area (Å²) in [5.41, 5.74) is 2.19. The zero-order valence-corrected chi connectivity index (χ0v) is 17.8. The van der Waals surface area contributed by atoms with Gasteiger partial charge in [-0.3, -0.25) is 0 Å². The number of para-hydroxylation sites is 1. The van der Waals surface area contributed by atoms with E-state index in [4.69, 9.17) is 9.73 Å². The number of halogens is 1. The van der Waals surface area contributed by atoms with E-state index in [1.807, 2.05) is 36.7 Å². The molecule has 0 saturated heterocycles. The van der Waals surface area contributed by atoms with Crippen LogP contribution in [0, 0.1) is 12.7 Å². The minimum Gasteiger partial charge on any atom is -0.493 e. The van der Waals surface area contributed by atoms with Crippen LogP contribution in [0.1, 0.15) is 35.2 Å². The summed E-state index contributed by atoms with van der Waals surface area (Å²) in [5.74, 6) is 3.02. The van der Waals surface area contributed by atoms with Gasteiger partial charge >= 0.3 is 0 Å². The smallest absolute Gasteiger partial charge is 0.192 e. The zero-order valence-electron chi connectivity index (χ0n) is 17.8. The van der Waals surface area contributed by atoms with E-state index in [0.29, 0.717) is 25.7 Å². The molecule has 4 rings (SSSR count). The number of rotatable bonds is 6. The van der Waals surface area contributed by atoms with Crippen molar-refractivity contribution in [3.8, 4) is 5.75 Å². The summed E-state index contributed by atoms with van der Waals surface area (Å²) in [7, 11) is 1.93. The Morgan fingerprint density at radius 3 is 2.77 bits per heavy atom. The first-order valence-corrected chi connectivity index (χ1v) is 10.5. The Morgan fingerprint density at radius 1 is 1.19 bits per heavy atom. The molecule has 31 heavy (non-hydrogen) atoms. The van der Waals surface area contributed by atoms with Crippen LogP contribution in [-0.2, 0) is 20.0 Å². The van der Waals surface area contributed by atoms with Gasteiger partial charge in [-0.25, -0.2) is 9.38 Å². The molecule has 0 saturated carbocycles. The van der Waals surface area contributed by atoms with Crippen molar-refractivity contribution in [2.45, 2.75) is 32.4 Å². The highest BCUT2D eigenvalue weighted by Gasteiger charge is 2.22. The van der Waals surface area contributed by atoms with Gasteiger partial charge in [-0.2, -0.15) is 0 Å². The van der Waals surface area contributed by atoms with E-state index in [1.54, 1.807) is 12.1 Å². The van der Waals surface area contributed by atoms with Crippen molar-refractivity contribution in [1.82, 2.24) is 25.4 Å². The fourth-order valence-electron chi connectivity index (χ4n) is 3.52. The van der Waals surface area contributed by atoms with Gasteiger partial charge in [0.15, 0.2) is 11.8 Å². The molecule has 2 N–H and O–H groups in total. The number of nitrogens with one attached hydrogen (secondary N) is 2. The maximum atomic E-state index is 13.1. The van der Waals surface area contributed by atoms with Crippen LogP contribution in [0.4, 0.5) is 4.39 Å². The molecule has 0 bridgehead atoms. The average Bonchev–Trinajstić information content (AvgIpc) is 3.11. The van der Waals surface area contributed by atoms with Gasteiger partial charge in [0.1, 0.15) is 23.9 Å². The van der Waals surface area contributed by atoms with Gasteiger partial charge in [-0.05, 0) is 37.1 Å². The fraction of sp³-hybridized carbons (Fsp3) is 0.348. The molecule has 0 spiro atoms. The van der Waals surface area contributed by atoms with E-state index >= 15 is 0 Å². The molecule has 0 radical (unpaired) electrons. The van der Waals surface area contributed by atoms with Crippen LogP contribution >= 0.6 is 0 Å². The predicted octanol–water partition coefficient (Wildman–Crippen LogP) is 3.06. The van der Waals surface area contributed by atoms with Gasteiger partial charge in [0.2, 0.25) is 0 Å². The summed E-state index contributed by atoms with van der Waals surface area (Å²) < 4.78 is 20.9. The number of nitrogens with zero attached hydrogens (tertiary/aromatic N) is 4. The van der Waals surface area contributed by atoms with Gasteiger partial charge in [0.25, 0.3) is 0 Å². The topological polar surface area (TPSA) is 76.4 Å². The Balaban J connectivity index is 1.47. The number of aryl methyl sites for hydroxylation is 1. The molecule has 162 valence electrons. The summed E-state index contributed by atoms with van der Waals surface area (Å²) in [6.07, 6.45) is 1.60. The second-order valence-electron chi connectivity index (χ2n) is 7.56. The molecule has 2 aromatic carbocycles. The van der Waals surface area contributed by atoms with Crippen molar-refractivity contribution < 1.29 is 9.13 Å². The highest BCUT2D eigenvalue weighted by Crippen LogP contribution is 2.31. The maximum absolute atomic E-state index is 13.1. The van der Waals surface area contributed by atoms with E-state index < -0.39 is 0 Å². The third-order valence-corrected chi connectivity index (χ3v) is 5.45. The van der Waals surface area contributed by atoms with Crippen LogP contribution in [0.2, 0.25) is 0 Å². The van der Waals surface area contributed by atoms with Crippen molar-refractivity contribution in [3.05, 3.63) is 77.1 Å². The molecule has 3 aromatic rings. The number of hydrogen-bond acceptors (Lipinski definition) is 4. The van der Waals surface area contributed by atoms with Crippen molar-refractivity contribution in [2.24, 2.45) is 12.0 Å². The van der Waals surface area contributed by atoms with Crippen LogP contribution in [0.25, 0.3) is 0 Å². The summed E-state index contributed by atoms with van der Waals surface area (Å²) >= 11 is 0. The third-order valence-electron chi connectivity index (χ3n) is 5.45. The van der Waals surface area contributed by atoms with Gasteiger partial charge in [-0.15, -0.1) is 10.2 Å². The molecule has 0 aliphatic carbocycles. The standard InChI is InChI=1S/C23H27FN6O/c1-16-28-29-22(30(16)2)15-26-23(25-13-11-17-7-9-18(24)10-8-17)27-20-12-14-31-21-6-4-3-5-19(20)21/h3-10,20H,11-15H2,1-2H3,(H2,25,26,27). The number of benzene rings is 2. The number of aliphatic imine (C=N–C) groups is 1. The number of hydrogen-bond donors (Lipinski definition) is 2. The lowest BCUT2D eigenvalue weighted by Crippen LogP contribution is -2.42. The molecule has 1 aliphatic heterocycles. The van der Waals surface area contributed by atoms with E-state index in [1.165, 1.54) is 12.1 Å². The summed E-state index contributed by atoms with van der Waals surface area (Å²) in [5, 5.41) is 15.3. The Bertz CT molecular complexity index is 1050. The van der Waals surface area contributed by atoms with E-state index in [0.717, 1.165) is 41.4 Å². The first-order valence-electron chi connectivity index (χ1n) is 10.5. The second kappa shape index (κ2) is 9.59. The van der Waals surface area contributed by atoms with Gasteiger partial charge in [-0.1, -0.05) is 30.3 Å². The van der Waals surface area contributed by atoms with Gasteiger partial charge in [0.05, 0.1) is 12.6 Å².